The van der Waals surface area contributed by atoms with Crippen molar-refractivity contribution in [3.8, 4) is 17.9 Å². The van der Waals surface area contributed by atoms with Crippen LogP contribution >= 0.6 is 0 Å². The molecule has 0 aliphatic carbocycles. The molecule has 1 aromatic rings. The molecule has 0 saturated heterocycles. The molecule has 0 aliphatic rings. The van der Waals surface area contributed by atoms with Gasteiger partial charge in [-0.1, -0.05) is 17.9 Å². The summed E-state index contributed by atoms with van der Waals surface area (Å²) in [6.45, 7) is 3.68. The van der Waals surface area contributed by atoms with Crippen molar-refractivity contribution in [2.24, 2.45) is 0 Å². The minimum absolute atomic E-state index is 0.112. The van der Waals surface area contributed by atoms with Gasteiger partial charge in [0.2, 0.25) is 5.91 Å². The monoisotopic (exact) mass is 212 g/mol. The molecule has 1 rings (SSSR count). The van der Waals surface area contributed by atoms with Crippen molar-refractivity contribution in [2.45, 2.75) is 13.8 Å². The van der Waals surface area contributed by atoms with Gasteiger partial charge in [-0.05, 0) is 24.6 Å². The van der Waals surface area contributed by atoms with Crippen molar-refractivity contribution < 1.29 is 4.79 Å². The quantitative estimate of drug-likeness (QED) is 0.714. The van der Waals surface area contributed by atoms with Crippen LogP contribution in [0.4, 0.5) is 0 Å². The Hall–Kier alpha value is -2.26. The minimum Gasteiger partial charge on any atom is -0.345 e. The van der Waals surface area contributed by atoms with Crippen LogP contribution in [0.5, 0.6) is 0 Å². The number of carbonyl (C=O) groups is 1. The van der Waals surface area contributed by atoms with Crippen LogP contribution in [0, 0.1) is 30.1 Å². The van der Waals surface area contributed by atoms with Crippen LogP contribution in [0.1, 0.15) is 23.6 Å². The summed E-state index contributed by atoms with van der Waals surface area (Å²) in [5, 5.41) is 11.4. The molecule has 3 nitrogen and oxygen atoms in total. The highest BCUT2D eigenvalue weighted by Gasteiger charge is 1.98. The van der Waals surface area contributed by atoms with Crippen LogP contribution in [-0.2, 0) is 4.79 Å². The van der Waals surface area contributed by atoms with Gasteiger partial charge in [0.05, 0.1) is 12.1 Å². The molecule has 0 heterocycles. The molecular formula is C13H12N2O. The first-order valence-electron chi connectivity index (χ1n) is 4.87. The summed E-state index contributed by atoms with van der Waals surface area (Å²) in [7, 11) is 0. The number of benzene rings is 1. The topological polar surface area (TPSA) is 52.9 Å². The Balaban J connectivity index is 2.83. The summed E-state index contributed by atoms with van der Waals surface area (Å²) < 4.78 is 0. The van der Waals surface area contributed by atoms with Gasteiger partial charge in [-0.15, -0.1) is 0 Å². The van der Waals surface area contributed by atoms with Gasteiger partial charge in [0.25, 0.3) is 0 Å². The Morgan fingerprint density at radius 3 is 2.81 bits per heavy atom. The third-order valence-electron chi connectivity index (χ3n) is 1.94. The lowest BCUT2D eigenvalue weighted by atomic mass is 10.1. The molecule has 0 unspecified atom stereocenters. The lowest BCUT2D eigenvalue weighted by molar-refractivity contribution is -0.118. The van der Waals surface area contributed by atoms with Gasteiger partial charge < -0.3 is 5.32 Å². The second-order valence-electron chi connectivity index (χ2n) is 3.37. The van der Waals surface area contributed by atoms with E-state index in [9.17, 15) is 4.79 Å². The summed E-state index contributed by atoms with van der Waals surface area (Å²) in [6.07, 6.45) is 0. The van der Waals surface area contributed by atoms with E-state index in [-0.39, 0.29) is 5.91 Å². The number of aryl methyl sites for hydroxylation is 1. The highest BCUT2D eigenvalue weighted by molar-refractivity contribution is 5.73. The number of carbonyl (C=O) groups excluding carboxylic acids is 1. The van der Waals surface area contributed by atoms with E-state index in [4.69, 9.17) is 5.26 Å². The zero-order valence-electron chi connectivity index (χ0n) is 9.29. The van der Waals surface area contributed by atoms with Gasteiger partial charge >= 0.3 is 0 Å². The van der Waals surface area contributed by atoms with E-state index in [1.165, 1.54) is 6.92 Å². The Morgan fingerprint density at radius 1 is 1.44 bits per heavy atom. The van der Waals surface area contributed by atoms with E-state index in [2.05, 4.69) is 23.2 Å². The highest BCUT2D eigenvalue weighted by atomic mass is 16.1. The zero-order valence-corrected chi connectivity index (χ0v) is 9.29. The van der Waals surface area contributed by atoms with Gasteiger partial charge in [0, 0.05) is 12.5 Å². The van der Waals surface area contributed by atoms with Crippen LogP contribution in [0.25, 0.3) is 0 Å². The molecule has 0 aliphatic heterocycles. The molecule has 0 radical (unpaired) electrons. The van der Waals surface area contributed by atoms with Crippen LogP contribution in [-0.4, -0.2) is 12.5 Å². The standard InChI is InChI=1S/C13H12N2O/c1-10-5-6-13(9-14)12(8-10)4-3-7-15-11(2)16/h5-6,8H,7H2,1-2H3,(H,15,16). The summed E-state index contributed by atoms with van der Waals surface area (Å²) >= 11 is 0. The predicted octanol–water partition coefficient (Wildman–Crippen LogP) is 1.35. The van der Waals surface area contributed by atoms with E-state index in [0.717, 1.165) is 5.56 Å². The maximum absolute atomic E-state index is 10.6. The smallest absolute Gasteiger partial charge is 0.217 e. The minimum atomic E-state index is -0.112. The molecule has 0 spiro atoms. The third-order valence-corrected chi connectivity index (χ3v) is 1.94. The predicted molar refractivity (Wildman–Crippen MR) is 61.5 cm³/mol. The van der Waals surface area contributed by atoms with Crippen molar-refractivity contribution in [3.05, 3.63) is 34.9 Å². The fraction of sp³-hybridized carbons (Fsp3) is 0.231. The molecule has 0 atom stereocenters. The van der Waals surface area contributed by atoms with Crippen LogP contribution in [0.15, 0.2) is 18.2 Å². The Bertz CT molecular complexity index is 501. The zero-order chi connectivity index (χ0) is 12.0. The average Bonchev–Trinajstić information content (AvgIpc) is 2.24. The second-order valence-corrected chi connectivity index (χ2v) is 3.37. The number of hydrogen-bond donors (Lipinski definition) is 1. The first-order chi connectivity index (χ1) is 7.63. The molecule has 0 fully saturated rings. The van der Waals surface area contributed by atoms with Crippen molar-refractivity contribution in [1.82, 2.24) is 5.32 Å². The van der Waals surface area contributed by atoms with Crippen LogP contribution in [0.2, 0.25) is 0 Å². The molecule has 0 aromatic heterocycles. The summed E-state index contributed by atoms with van der Waals surface area (Å²) in [6, 6.07) is 7.56. The van der Waals surface area contributed by atoms with E-state index >= 15 is 0 Å². The maximum Gasteiger partial charge on any atom is 0.217 e. The third kappa shape index (κ3) is 3.48. The fourth-order valence-electron chi connectivity index (χ4n) is 1.17. The number of hydrogen-bond acceptors (Lipinski definition) is 2. The number of rotatable bonds is 1. The van der Waals surface area contributed by atoms with E-state index in [0.29, 0.717) is 17.7 Å². The SMILES string of the molecule is CC(=O)NCC#Cc1cc(C)ccc1C#N. The number of nitriles is 1. The number of nitrogens with zero attached hydrogens (tertiary/aromatic N) is 1. The molecule has 0 bridgehead atoms. The first-order valence-corrected chi connectivity index (χ1v) is 4.87. The van der Waals surface area contributed by atoms with E-state index in [1.807, 2.05) is 19.1 Å². The van der Waals surface area contributed by atoms with Crippen molar-refractivity contribution in [1.29, 1.82) is 5.26 Å². The molecule has 1 amide bonds. The fourth-order valence-corrected chi connectivity index (χ4v) is 1.17. The Morgan fingerprint density at radius 2 is 2.19 bits per heavy atom. The van der Waals surface area contributed by atoms with E-state index < -0.39 is 0 Å². The van der Waals surface area contributed by atoms with E-state index in [1.54, 1.807) is 6.07 Å². The van der Waals surface area contributed by atoms with Gasteiger partial charge in [0.15, 0.2) is 0 Å². The van der Waals surface area contributed by atoms with Crippen molar-refractivity contribution >= 4 is 5.91 Å². The number of amides is 1. The average molecular weight is 212 g/mol. The van der Waals surface area contributed by atoms with Crippen molar-refractivity contribution in [2.75, 3.05) is 6.54 Å². The molecular weight excluding hydrogens is 200 g/mol. The molecule has 0 saturated carbocycles. The largest absolute Gasteiger partial charge is 0.345 e. The summed E-state index contributed by atoms with van der Waals surface area (Å²) in [5.74, 6) is 5.56. The normalized spacial score (nSPS) is 8.56. The van der Waals surface area contributed by atoms with Crippen molar-refractivity contribution in [3.63, 3.8) is 0 Å². The van der Waals surface area contributed by atoms with Gasteiger partial charge in [-0.3, -0.25) is 4.79 Å². The lowest BCUT2D eigenvalue weighted by Gasteiger charge is -1.97. The molecule has 3 heteroatoms. The lowest BCUT2D eigenvalue weighted by Crippen LogP contribution is -2.19. The van der Waals surface area contributed by atoms with Gasteiger partial charge in [-0.2, -0.15) is 5.26 Å². The second kappa shape index (κ2) is 5.58. The Kier molecular flexibility index (Phi) is 4.12. The van der Waals surface area contributed by atoms with Gasteiger partial charge in [-0.25, -0.2) is 0 Å². The molecule has 80 valence electrons. The first kappa shape index (κ1) is 11.8. The molecule has 1 N–H and O–H groups in total. The summed E-state index contributed by atoms with van der Waals surface area (Å²) in [5.41, 5.74) is 2.32. The molecule has 1 aromatic carbocycles. The number of nitrogens with one attached hydrogen (secondary N) is 1. The summed E-state index contributed by atoms with van der Waals surface area (Å²) in [4.78, 5) is 10.6. The highest BCUT2D eigenvalue weighted by Crippen LogP contribution is 2.08. The molecule has 16 heavy (non-hydrogen) atoms. The Labute approximate surface area is 95.1 Å². The van der Waals surface area contributed by atoms with Crippen LogP contribution < -0.4 is 5.32 Å². The van der Waals surface area contributed by atoms with Crippen LogP contribution in [0.3, 0.4) is 0 Å². The maximum atomic E-state index is 10.6. The van der Waals surface area contributed by atoms with Gasteiger partial charge in [0.1, 0.15) is 6.07 Å².